The summed E-state index contributed by atoms with van der Waals surface area (Å²) in [4.78, 5) is 24.6. The van der Waals surface area contributed by atoms with Gasteiger partial charge in [-0.05, 0) is 29.7 Å². The fourth-order valence-corrected chi connectivity index (χ4v) is 3.68. The van der Waals surface area contributed by atoms with E-state index in [2.05, 4.69) is 5.32 Å². The molecule has 0 saturated heterocycles. The van der Waals surface area contributed by atoms with Crippen LogP contribution in [-0.4, -0.2) is 37.7 Å². The molecule has 2 heterocycles. The van der Waals surface area contributed by atoms with Crippen molar-refractivity contribution in [3.05, 3.63) is 59.5 Å². The Morgan fingerprint density at radius 3 is 2.74 bits per heavy atom. The average molecular weight is 383 g/mol. The first kappa shape index (κ1) is 17.4. The number of amides is 1. The lowest BCUT2D eigenvalue weighted by Gasteiger charge is -2.26. The number of hydrogen-bond donors (Lipinski definition) is 1. The molecule has 3 aromatic rings. The average Bonchev–Trinajstić information content (AvgIpc) is 3.14. The molecule has 0 radical (unpaired) electrons. The van der Waals surface area contributed by atoms with Gasteiger partial charge in [0.2, 0.25) is 0 Å². The Balaban J connectivity index is 1.24. The van der Waals surface area contributed by atoms with Gasteiger partial charge in [-0.3, -0.25) is 4.79 Å². The molecule has 6 nitrogen and oxygen atoms in total. The van der Waals surface area contributed by atoms with Crippen LogP contribution >= 0.6 is 11.3 Å². The van der Waals surface area contributed by atoms with Crippen molar-refractivity contribution in [1.82, 2.24) is 5.32 Å². The minimum atomic E-state index is -0.502. The molecule has 27 heavy (non-hydrogen) atoms. The smallest absolute Gasteiger partial charge is 0.348 e. The zero-order valence-electron chi connectivity index (χ0n) is 14.3. The van der Waals surface area contributed by atoms with Crippen LogP contribution in [0.1, 0.15) is 9.67 Å². The molecule has 7 heteroatoms. The first-order valence-corrected chi connectivity index (χ1v) is 9.31. The summed E-state index contributed by atoms with van der Waals surface area (Å²) in [5, 5.41) is 3.68. The minimum Gasteiger partial charge on any atom is -0.486 e. The second-order valence-corrected chi connectivity index (χ2v) is 7.11. The Kier molecular flexibility index (Phi) is 4.93. The second kappa shape index (κ2) is 7.67. The number of carbonyl (C=O) groups excluding carboxylic acids is 2. The first-order chi connectivity index (χ1) is 13.2. The highest BCUT2D eigenvalue weighted by atomic mass is 32.1. The third kappa shape index (κ3) is 4.03. The van der Waals surface area contributed by atoms with Gasteiger partial charge < -0.3 is 19.5 Å². The van der Waals surface area contributed by atoms with Crippen LogP contribution in [0.3, 0.4) is 0 Å². The number of para-hydroxylation sites is 2. The normalized spacial score (nSPS) is 15.3. The van der Waals surface area contributed by atoms with E-state index in [0.717, 1.165) is 10.1 Å². The van der Waals surface area contributed by atoms with Crippen LogP contribution < -0.4 is 14.8 Å². The lowest BCUT2D eigenvalue weighted by Crippen LogP contribution is -2.42. The molecule has 1 atom stereocenters. The van der Waals surface area contributed by atoms with Gasteiger partial charge in [0.25, 0.3) is 5.91 Å². The van der Waals surface area contributed by atoms with Crippen molar-refractivity contribution in [2.75, 3.05) is 19.8 Å². The Hall–Kier alpha value is -3.06. The van der Waals surface area contributed by atoms with E-state index < -0.39 is 5.97 Å². The van der Waals surface area contributed by atoms with Gasteiger partial charge in [0, 0.05) is 4.70 Å². The van der Waals surface area contributed by atoms with E-state index in [1.165, 1.54) is 11.3 Å². The predicted octanol–water partition coefficient (Wildman–Crippen LogP) is 3.01. The maximum Gasteiger partial charge on any atom is 0.348 e. The summed E-state index contributed by atoms with van der Waals surface area (Å²) in [5.41, 5.74) is 0. The van der Waals surface area contributed by atoms with Gasteiger partial charge in [0.05, 0.1) is 6.54 Å². The highest BCUT2D eigenvalue weighted by molar-refractivity contribution is 7.20. The molecular weight excluding hydrogens is 366 g/mol. The molecule has 1 amide bonds. The lowest BCUT2D eigenvalue weighted by molar-refractivity contribution is -0.124. The predicted molar refractivity (Wildman–Crippen MR) is 101 cm³/mol. The van der Waals surface area contributed by atoms with E-state index in [0.29, 0.717) is 23.0 Å². The maximum atomic E-state index is 12.1. The minimum absolute atomic E-state index is 0.271. The zero-order chi connectivity index (χ0) is 18.6. The van der Waals surface area contributed by atoms with E-state index in [4.69, 9.17) is 14.2 Å². The Labute approximate surface area is 159 Å². The molecule has 0 saturated carbocycles. The van der Waals surface area contributed by atoms with E-state index >= 15 is 0 Å². The molecule has 0 unspecified atom stereocenters. The van der Waals surface area contributed by atoms with Crippen molar-refractivity contribution >= 4 is 33.3 Å². The van der Waals surface area contributed by atoms with Gasteiger partial charge in [0.15, 0.2) is 18.1 Å². The van der Waals surface area contributed by atoms with E-state index in [-0.39, 0.29) is 25.2 Å². The van der Waals surface area contributed by atoms with E-state index in [1.54, 1.807) is 6.07 Å². The molecule has 0 fully saturated rings. The summed E-state index contributed by atoms with van der Waals surface area (Å²) < 4.78 is 17.5. The number of ether oxygens (including phenoxy) is 3. The number of carbonyl (C=O) groups is 2. The number of hydrogen-bond acceptors (Lipinski definition) is 6. The molecule has 0 bridgehead atoms. The molecule has 4 rings (SSSR count). The topological polar surface area (TPSA) is 73.9 Å². The standard InChI is InChI=1S/C20H17NO5S/c22-19(21-10-14-11-24-15-6-2-3-7-16(15)26-14)12-25-20(23)18-9-13-5-1-4-8-17(13)27-18/h1-9,14H,10-12H2,(H,21,22)/t14-/m1/s1. The lowest BCUT2D eigenvalue weighted by atomic mass is 10.2. The van der Waals surface area contributed by atoms with Crippen molar-refractivity contribution in [3.8, 4) is 11.5 Å². The quantitative estimate of drug-likeness (QED) is 0.686. The third-order valence-electron chi connectivity index (χ3n) is 4.06. The van der Waals surface area contributed by atoms with Crippen molar-refractivity contribution in [1.29, 1.82) is 0 Å². The number of benzene rings is 2. The number of thiophene rings is 1. The molecule has 2 aromatic carbocycles. The van der Waals surface area contributed by atoms with E-state index in [9.17, 15) is 9.59 Å². The van der Waals surface area contributed by atoms with Gasteiger partial charge in [-0.25, -0.2) is 4.79 Å². The molecule has 0 spiro atoms. The molecular formula is C20H17NO5S. The molecule has 1 aliphatic rings. The Morgan fingerprint density at radius 2 is 1.89 bits per heavy atom. The molecule has 1 aliphatic heterocycles. The monoisotopic (exact) mass is 383 g/mol. The van der Waals surface area contributed by atoms with Crippen molar-refractivity contribution in [3.63, 3.8) is 0 Å². The summed E-state index contributed by atoms with van der Waals surface area (Å²) in [7, 11) is 0. The fourth-order valence-electron chi connectivity index (χ4n) is 2.73. The zero-order valence-corrected chi connectivity index (χ0v) is 15.2. The van der Waals surface area contributed by atoms with Crippen molar-refractivity contribution in [2.24, 2.45) is 0 Å². The van der Waals surface area contributed by atoms with Gasteiger partial charge in [-0.1, -0.05) is 30.3 Å². The highest BCUT2D eigenvalue weighted by Crippen LogP contribution is 2.30. The maximum absolute atomic E-state index is 12.1. The van der Waals surface area contributed by atoms with Crippen LogP contribution in [0.2, 0.25) is 0 Å². The van der Waals surface area contributed by atoms with Gasteiger partial charge in [-0.2, -0.15) is 0 Å². The number of esters is 1. The summed E-state index contributed by atoms with van der Waals surface area (Å²) in [6.07, 6.45) is -0.290. The molecule has 0 aliphatic carbocycles. The van der Waals surface area contributed by atoms with Crippen LogP contribution in [0.5, 0.6) is 11.5 Å². The van der Waals surface area contributed by atoms with Crippen molar-refractivity contribution < 1.29 is 23.8 Å². The summed E-state index contributed by atoms with van der Waals surface area (Å²) in [5.74, 6) is 0.459. The van der Waals surface area contributed by atoms with Crippen molar-refractivity contribution in [2.45, 2.75) is 6.10 Å². The highest BCUT2D eigenvalue weighted by Gasteiger charge is 2.21. The molecule has 1 N–H and O–H groups in total. The number of rotatable bonds is 5. The van der Waals surface area contributed by atoms with Crippen LogP contribution in [-0.2, 0) is 9.53 Å². The molecule has 1 aromatic heterocycles. The number of fused-ring (bicyclic) bond motifs is 2. The summed E-state index contributed by atoms with van der Waals surface area (Å²) >= 11 is 1.34. The number of nitrogens with one attached hydrogen (secondary N) is 1. The van der Waals surface area contributed by atoms with Crippen LogP contribution in [0, 0.1) is 0 Å². The largest absolute Gasteiger partial charge is 0.486 e. The van der Waals surface area contributed by atoms with Crippen LogP contribution in [0.4, 0.5) is 0 Å². The summed E-state index contributed by atoms with van der Waals surface area (Å²) in [6.45, 7) is 0.281. The fraction of sp³-hybridized carbons (Fsp3) is 0.200. The SMILES string of the molecule is O=C(COC(=O)c1cc2ccccc2s1)NC[C@@H]1COc2ccccc2O1. The first-order valence-electron chi connectivity index (χ1n) is 8.50. The van der Waals surface area contributed by atoms with Gasteiger partial charge >= 0.3 is 5.97 Å². The van der Waals surface area contributed by atoms with E-state index in [1.807, 2.05) is 48.5 Å². The van der Waals surface area contributed by atoms with Crippen LogP contribution in [0.25, 0.3) is 10.1 Å². The Morgan fingerprint density at radius 1 is 1.11 bits per heavy atom. The Bertz CT molecular complexity index is 950. The summed E-state index contributed by atoms with van der Waals surface area (Å²) in [6, 6.07) is 16.8. The second-order valence-electron chi connectivity index (χ2n) is 6.03. The molecule has 138 valence electrons. The van der Waals surface area contributed by atoms with Gasteiger partial charge in [-0.15, -0.1) is 11.3 Å². The van der Waals surface area contributed by atoms with Crippen LogP contribution in [0.15, 0.2) is 54.6 Å². The van der Waals surface area contributed by atoms with Gasteiger partial charge in [0.1, 0.15) is 17.6 Å². The third-order valence-corrected chi connectivity index (χ3v) is 5.15.